The highest BCUT2D eigenvalue weighted by molar-refractivity contribution is 9.10. The van der Waals surface area contributed by atoms with E-state index in [0.717, 1.165) is 10.0 Å². The van der Waals surface area contributed by atoms with Crippen LogP contribution in [0.25, 0.3) is 0 Å². The Morgan fingerprint density at radius 2 is 2.09 bits per heavy atom. The van der Waals surface area contributed by atoms with Crippen molar-refractivity contribution in [1.82, 2.24) is 4.90 Å². The van der Waals surface area contributed by atoms with Crippen LogP contribution in [0.1, 0.15) is 11.1 Å². The van der Waals surface area contributed by atoms with Gasteiger partial charge in [-0.2, -0.15) is 5.26 Å². The molecule has 4 nitrogen and oxygen atoms in total. The van der Waals surface area contributed by atoms with E-state index < -0.39 is 0 Å². The van der Waals surface area contributed by atoms with Crippen LogP contribution in [0.4, 0.5) is 0 Å². The summed E-state index contributed by atoms with van der Waals surface area (Å²) in [4.78, 5) is 13.7. The van der Waals surface area contributed by atoms with E-state index in [9.17, 15) is 4.79 Å². The second-order valence-electron chi connectivity index (χ2n) is 4.89. The van der Waals surface area contributed by atoms with Gasteiger partial charge in [-0.05, 0) is 29.8 Å². The summed E-state index contributed by atoms with van der Waals surface area (Å²) in [5.74, 6) is 0.217. The van der Waals surface area contributed by atoms with Crippen LogP contribution in [0.2, 0.25) is 5.02 Å². The largest absolute Gasteiger partial charge is 0.482 e. The fourth-order valence-electron chi connectivity index (χ4n) is 1.91. The maximum absolute atomic E-state index is 12.2. The molecule has 6 heteroatoms. The zero-order chi connectivity index (χ0) is 16.8. The molecular weight excluding hydrogens is 380 g/mol. The van der Waals surface area contributed by atoms with Crippen molar-refractivity contribution in [2.45, 2.75) is 6.54 Å². The molecule has 0 heterocycles. The smallest absolute Gasteiger partial charge is 0.260 e. The number of benzene rings is 2. The van der Waals surface area contributed by atoms with Crippen LogP contribution in [0.15, 0.2) is 46.9 Å². The van der Waals surface area contributed by atoms with Crippen LogP contribution in [-0.4, -0.2) is 24.5 Å². The first-order chi connectivity index (χ1) is 11.0. The summed E-state index contributed by atoms with van der Waals surface area (Å²) in [5, 5.41) is 9.10. The topological polar surface area (TPSA) is 53.3 Å². The van der Waals surface area contributed by atoms with Crippen molar-refractivity contribution >= 4 is 33.4 Å². The molecule has 0 saturated carbocycles. The summed E-state index contributed by atoms with van der Waals surface area (Å²) >= 11 is 9.47. The average molecular weight is 394 g/mol. The number of likely N-dealkylation sites (N-methyl/N-ethyl adjacent to an activating group) is 1. The van der Waals surface area contributed by atoms with Gasteiger partial charge in [-0.25, -0.2) is 0 Å². The summed E-state index contributed by atoms with van der Waals surface area (Å²) in [6.07, 6.45) is 0. The van der Waals surface area contributed by atoms with Crippen molar-refractivity contribution in [2.75, 3.05) is 13.7 Å². The lowest BCUT2D eigenvalue weighted by atomic mass is 10.2. The van der Waals surface area contributed by atoms with E-state index >= 15 is 0 Å². The van der Waals surface area contributed by atoms with Crippen molar-refractivity contribution in [1.29, 1.82) is 5.26 Å². The van der Waals surface area contributed by atoms with E-state index in [-0.39, 0.29) is 12.5 Å². The third-order valence-corrected chi connectivity index (χ3v) is 4.27. The quantitative estimate of drug-likeness (QED) is 0.771. The van der Waals surface area contributed by atoms with E-state index in [1.54, 1.807) is 24.1 Å². The van der Waals surface area contributed by atoms with Crippen LogP contribution >= 0.6 is 27.5 Å². The Labute approximate surface area is 148 Å². The highest BCUT2D eigenvalue weighted by atomic mass is 79.9. The van der Waals surface area contributed by atoms with Crippen molar-refractivity contribution in [3.8, 4) is 11.8 Å². The lowest BCUT2D eigenvalue weighted by molar-refractivity contribution is -0.132. The van der Waals surface area contributed by atoms with Gasteiger partial charge < -0.3 is 9.64 Å². The number of amides is 1. The zero-order valence-corrected chi connectivity index (χ0v) is 14.8. The predicted molar refractivity (Wildman–Crippen MR) is 92.3 cm³/mol. The first-order valence-corrected chi connectivity index (χ1v) is 7.98. The standard InChI is InChI=1S/C17H14BrClN2O2/c1-21(10-13-4-2-3-5-14(13)18)17(22)11-23-16-7-6-12(9-20)8-15(16)19/h2-8H,10-11H2,1H3. The van der Waals surface area contributed by atoms with Crippen LogP contribution < -0.4 is 4.74 Å². The second kappa shape index (κ2) is 8.00. The average Bonchev–Trinajstić information content (AvgIpc) is 2.55. The Bertz CT molecular complexity index is 758. The summed E-state index contributed by atoms with van der Waals surface area (Å²) in [6, 6.07) is 14.4. The Kier molecular flexibility index (Phi) is 6.03. The number of halogens is 2. The third-order valence-electron chi connectivity index (χ3n) is 3.20. The number of hydrogen-bond donors (Lipinski definition) is 0. The van der Waals surface area contributed by atoms with Gasteiger partial charge in [0, 0.05) is 18.1 Å². The SMILES string of the molecule is CN(Cc1ccccc1Br)C(=O)COc1ccc(C#N)cc1Cl. The van der Waals surface area contributed by atoms with E-state index in [2.05, 4.69) is 15.9 Å². The Morgan fingerprint density at radius 1 is 1.35 bits per heavy atom. The number of carbonyl (C=O) groups excluding carboxylic acids is 1. The van der Waals surface area contributed by atoms with Gasteiger partial charge in [-0.15, -0.1) is 0 Å². The Morgan fingerprint density at radius 3 is 2.74 bits per heavy atom. The van der Waals surface area contributed by atoms with Gasteiger partial charge in [0.15, 0.2) is 6.61 Å². The van der Waals surface area contributed by atoms with Crippen LogP contribution in [-0.2, 0) is 11.3 Å². The lowest BCUT2D eigenvalue weighted by Gasteiger charge is -2.18. The lowest BCUT2D eigenvalue weighted by Crippen LogP contribution is -2.31. The molecule has 0 spiro atoms. The van der Waals surface area contributed by atoms with Gasteiger partial charge in [0.05, 0.1) is 16.7 Å². The van der Waals surface area contributed by atoms with Crippen LogP contribution in [0.5, 0.6) is 5.75 Å². The van der Waals surface area contributed by atoms with E-state index in [0.29, 0.717) is 22.9 Å². The molecule has 1 amide bonds. The molecule has 0 aliphatic rings. The van der Waals surface area contributed by atoms with Crippen molar-refractivity contribution in [2.24, 2.45) is 0 Å². The minimum absolute atomic E-state index is 0.118. The molecule has 0 saturated heterocycles. The zero-order valence-electron chi connectivity index (χ0n) is 12.4. The summed E-state index contributed by atoms with van der Waals surface area (Å²) in [5.41, 5.74) is 1.46. The molecule has 2 aromatic carbocycles. The van der Waals surface area contributed by atoms with Gasteiger partial charge in [-0.3, -0.25) is 4.79 Å². The van der Waals surface area contributed by atoms with Gasteiger partial charge >= 0.3 is 0 Å². The second-order valence-corrected chi connectivity index (χ2v) is 6.15. The van der Waals surface area contributed by atoms with E-state index in [1.807, 2.05) is 30.3 Å². The molecule has 118 valence electrons. The summed E-state index contributed by atoms with van der Waals surface area (Å²) < 4.78 is 6.40. The van der Waals surface area contributed by atoms with E-state index in [1.165, 1.54) is 6.07 Å². The molecule has 0 fully saturated rings. The summed E-state index contributed by atoms with van der Waals surface area (Å²) in [6.45, 7) is 0.358. The Hall–Kier alpha value is -2.03. The Balaban J connectivity index is 1.94. The first kappa shape index (κ1) is 17.3. The van der Waals surface area contributed by atoms with Gasteiger partial charge in [0.25, 0.3) is 5.91 Å². The molecule has 0 aliphatic carbocycles. The number of ether oxygens (including phenoxy) is 1. The van der Waals surface area contributed by atoms with Gasteiger partial charge in [0.1, 0.15) is 5.75 Å². The maximum atomic E-state index is 12.2. The van der Waals surface area contributed by atoms with Crippen molar-refractivity contribution in [3.05, 3.63) is 63.1 Å². The first-order valence-electron chi connectivity index (χ1n) is 6.81. The molecule has 0 aliphatic heterocycles. The molecule has 23 heavy (non-hydrogen) atoms. The molecule has 2 aromatic rings. The minimum atomic E-state index is -0.166. The van der Waals surface area contributed by atoms with Gasteiger partial charge in [-0.1, -0.05) is 45.7 Å². The third kappa shape index (κ3) is 4.72. The van der Waals surface area contributed by atoms with Crippen molar-refractivity contribution < 1.29 is 9.53 Å². The highest BCUT2D eigenvalue weighted by Gasteiger charge is 2.13. The van der Waals surface area contributed by atoms with Crippen LogP contribution in [0, 0.1) is 11.3 Å². The number of nitrogens with zero attached hydrogens (tertiary/aromatic N) is 2. The fraction of sp³-hybridized carbons (Fsp3) is 0.176. The monoisotopic (exact) mass is 392 g/mol. The maximum Gasteiger partial charge on any atom is 0.260 e. The minimum Gasteiger partial charge on any atom is -0.482 e. The predicted octanol–water partition coefficient (Wildman–Crippen LogP) is 4.01. The van der Waals surface area contributed by atoms with E-state index in [4.69, 9.17) is 21.6 Å². The molecule has 0 aromatic heterocycles. The molecule has 0 N–H and O–H groups in total. The number of hydrogen-bond acceptors (Lipinski definition) is 3. The number of carbonyl (C=O) groups is 1. The van der Waals surface area contributed by atoms with Gasteiger partial charge in [0.2, 0.25) is 0 Å². The van der Waals surface area contributed by atoms with Crippen molar-refractivity contribution in [3.63, 3.8) is 0 Å². The number of rotatable bonds is 5. The molecule has 0 radical (unpaired) electrons. The molecule has 0 atom stereocenters. The number of nitriles is 1. The molecule has 0 unspecified atom stereocenters. The summed E-state index contributed by atoms with van der Waals surface area (Å²) in [7, 11) is 1.71. The fourth-order valence-corrected chi connectivity index (χ4v) is 2.55. The normalized spacial score (nSPS) is 10.0. The molecular formula is C17H14BrClN2O2. The van der Waals surface area contributed by atoms with Crippen LogP contribution in [0.3, 0.4) is 0 Å². The highest BCUT2D eigenvalue weighted by Crippen LogP contribution is 2.25. The molecule has 0 bridgehead atoms. The molecule has 2 rings (SSSR count).